The molecule has 5 nitrogen and oxygen atoms in total. The number of aliphatic hydroxyl groups excluding tert-OH is 1. The predicted molar refractivity (Wildman–Crippen MR) is 75.7 cm³/mol. The number of nitro benzene ring substituents is 1. The molecule has 0 aromatic heterocycles. The summed E-state index contributed by atoms with van der Waals surface area (Å²) in [6.07, 6.45) is 5.74. The van der Waals surface area contributed by atoms with Gasteiger partial charge in [-0.15, -0.1) is 0 Å². The third-order valence-corrected chi connectivity index (χ3v) is 4.09. The lowest BCUT2D eigenvalue weighted by Gasteiger charge is -2.28. The van der Waals surface area contributed by atoms with E-state index in [1.54, 1.807) is 6.07 Å². The molecule has 0 heterocycles. The summed E-state index contributed by atoms with van der Waals surface area (Å²) in [5, 5.41) is 20.1. The van der Waals surface area contributed by atoms with Gasteiger partial charge in [0.25, 0.3) is 5.69 Å². The van der Waals surface area contributed by atoms with Gasteiger partial charge < -0.3 is 9.84 Å². The van der Waals surface area contributed by atoms with Gasteiger partial charge in [0, 0.05) is 17.7 Å². The topological polar surface area (TPSA) is 72.6 Å². The highest BCUT2D eigenvalue weighted by Gasteiger charge is 2.22. The van der Waals surface area contributed by atoms with Gasteiger partial charge in [0.15, 0.2) is 0 Å². The maximum absolute atomic E-state index is 10.7. The van der Waals surface area contributed by atoms with Crippen molar-refractivity contribution in [3.63, 3.8) is 0 Å². The molecule has 1 aromatic carbocycles. The summed E-state index contributed by atoms with van der Waals surface area (Å²) >= 11 is 0. The molecule has 2 rings (SSSR count). The Bertz CT molecular complexity index is 467. The molecule has 110 valence electrons. The van der Waals surface area contributed by atoms with Crippen molar-refractivity contribution in [3.05, 3.63) is 33.9 Å². The lowest BCUT2D eigenvalue weighted by molar-refractivity contribution is -0.385. The minimum Gasteiger partial charge on any atom is -0.490 e. The van der Waals surface area contributed by atoms with Crippen molar-refractivity contribution in [2.24, 2.45) is 5.92 Å². The van der Waals surface area contributed by atoms with Crippen LogP contribution in [0.25, 0.3) is 0 Å². The zero-order chi connectivity index (χ0) is 14.5. The lowest BCUT2D eigenvalue weighted by Crippen LogP contribution is -2.24. The van der Waals surface area contributed by atoms with Crippen LogP contribution in [0.2, 0.25) is 0 Å². The number of hydrogen-bond donors (Lipinski definition) is 1. The maximum Gasteiger partial charge on any atom is 0.270 e. The summed E-state index contributed by atoms with van der Waals surface area (Å²) in [4.78, 5) is 10.3. The highest BCUT2D eigenvalue weighted by Crippen LogP contribution is 2.31. The molecule has 0 bridgehead atoms. The Labute approximate surface area is 118 Å². The van der Waals surface area contributed by atoms with Crippen LogP contribution in [0, 0.1) is 16.0 Å². The number of nitro groups is 1. The summed E-state index contributed by atoms with van der Waals surface area (Å²) in [5.74, 6) is 1.36. The van der Waals surface area contributed by atoms with Crippen LogP contribution in [0.5, 0.6) is 5.75 Å². The van der Waals surface area contributed by atoms with Crippen LogP contribution in [-0.2, 0) is 6.61 Å². The van der Waals surface area contributed by atoms with Crippen molar-refractivity contribution < 1.29 is 14.8 Å². The third kappa shape index (κ3) is 3.48. The maximum atomic E-state index is 10.7. The summed E-state index contributed by atoms with van der Waals surface area (Å²) in [5.41, 5.74) is 0.466. The molecule has 1 N–H and O–H groups in total. The molecule has 0 amide bonds. The zero-order valence-corrected chi connectivity index (χ0v) is 11.7. The van der Waals surface area contributed by atoms with E-state index in [1.165, 1.54) is 31.4 Å². The van der Waals surface area contributed by atoms with Gasteiger partial charge in [-0.05, 0) is 37.7 Å². The van der Waals surface area contributed by atoms with E-state index in [4.69, 9.17) is 4.74 Å². The number of nitrogens with zero attached hydrogens (tertiary/aromatic N) is 1. The second-order valence-electron chi connectivity index (χ2n) is 5.38. The van der Waals surface area contributed by atoms with E-state index in [2.05, 4.69) is 6.92 Å². The predicted octanol–water partition coefficient (Wildman–Crippen LogP) is 3.43. The van der Waals surface area contributed by atoms with Crippen LogP contribution in [0.3, 0.4) is 0 Å². The van der Waals surface area contributed by atoms with Gasteiger partial charge in [-0.2, -0.15) is 0 Å². The van der Waals surface area contributed by atoms with Gasteiger partial charge in [0.05, 0.1) is 17.6 Å². The fourth-order valence-corrected chi connectivity index (χ4v) is 2.76. The molecule has 0 spiro atoms. The average Bonchev–Trinajstić information content (AvgIpc) is 2.48. The van der Waals surface area contributed by atoms with E-state index >= 15 is 0 Å². The van der Waals surface area contributed by atoms with Gasteiger partial charge in [0.1, 0.15) is 5.75 Å². The Morgan fingerprint density at radius 2 is 2.05 bits per heavy atom. The number of rotatable bonds is 5. The molecular weight excluding hydrogens is 258 g/mol. The average molecular weight is 279 g/mol. The Balaban J connectivity index is 2.04. The highest BCUT2D eigenvalue weighted by atomic mass is 16.6. The van der Waals surface area contributed by atoms with Crippen LogP contribution >= 0.6 is 0 Å². The number of non-ortho nitro benzene ring substituents is 1. The minimum atomic E-state index is -0.463. The molecule has 0 radical (unpaired) electrons. The van der Waals surface area contributed by atoms with E-state index in [1.807, 2.05) is 0 Å². The summed E-state index contributed by atoms with van der Waals surface area (Å²) in [7, 11) is 0. The van der Waals surface area contributed by atoms with Crippen LogP contribution in [0.15, 0.2) is 18.2 Å². The Kier molecular flexibility index (Phi) is 4.95. The summed E-state index contributed by atoms with van der Waals surface area (Å²) in [6, 6.07) is 4.40. The van der Waals surface area contributed by atoms with Crippen molar-refractivity contribution in [1.29, 1.82) is 0 Å². The van der Waals surface area contributed by atoms with E-state index in [0.29, 0.717) is 11.3 Å². The van der Waals surface area contributed by atoms with Crippen LogP contribution < -0.4 is 4.74 Å². The first kappa shape index (κ1) is 14.8. The van der Waals surface area contributed by atoms with E-state index < -0.39 is 4.92 Å². The quantitative estimate of drug-likeness (QED) is 0.662. The minimum absolute atomic E-state index is 0.0175. The van der Waals surface area contributed by atoms with Crippen molar-refractivity contribution in [2.75, 3.05) is 0 Å². The van der Waals surface area contributed by atoms with Gasteiger partial charge in [0.2, 0.25) is 0 Å². The number of benzene rings is 1. The molecule has 0 unspecified atom stereocenters. The van der Waals surface area contributed by atoms with Gasteiger partial charge >= 0.3 is 0 Å². The Morgan fingerprint density at radius 3 is 2.60 bits per heavy atom. The molecule has 0 aliphatic heterocycles. The number of hydrogen-bond acceptors (Lipinski definition) is 4. The zero-order valence-electron chi connectivity index (χ0n) is 11.7. The molecule has 20 heavy (non-hydrogen) atoms. The Hall–Kier alpha value is -1.62. The lowest BCUT2D eigenvalue weighted by atomic mass is 9.86. The second kappa shape index (κ2) is 6.70. The van der Waals surface area contributed by atoms with Gasteiger partial charge in [-0.3, -0.25) is 10.1 Å². The van der Waals surface area contributed by atoms with Gasteiger partial charge in [-0.1, -0.05) is 13.3 Å². The van der Waals surface area contributed by atoms with Crippen molar-refractivity contribution in [1.82, 2.24) is 0 Å². The standard InChI is InChI=1S/C15H21NO4/c1-2-11-3-6-14(7-4-11)20-15-8-5-13(16(18)19)9-12(15)10-17/h5,8-9,11,14,17H,2-4,6-7,10H2,1H3. The van der Waals surface area contributed by atoms with Crippen molar-refractivity contribution in [2.45, 2.75) is 51.7 Å². The molecule has 0 atom stereocenters. The molecule has 5 heteroatoms. The molecule has 0 saturated heterocycles. The number of aliphatic hydroxyl groups is 1. The van der Waals surface area contributed by atoms with Crippen molar-refractivity contribution in [3.8, 4) is 5.75 Å². The fourth-order valence-electron chi connectivity index (χ4n) is 2.76. The fraction of sp³-hybridized carbons (Fsp3) is 0.600. The highest BCUT2D eigenvalue weighted by molar-refractivity contribution is 5.43. The normalized spacial score (nSPS) is 22.5. The van der Waals surface area contributed by atoms with Crippen LogP contribution in [0.1, 0.15) is 44.6 Å². The second-order valence-corrected chi connectivity index (χ2v) is 5.38. The van der Waals surface area contributed by atoms with E-state index in [0.717, 1.165) is 18.8 Å². The Morgan fingerprint density at radius 1 is 1.35 bits per heavy atom. The molecule has 1 aliphatic carbocycles. The van der Waals surface area contributed by atoms with Crippen LogP contribution in [-0.4, -0.2) is 16.1 Å². The first-order chi connectivity index (χ1) is 9.63. The smallest absolute Gasteiger partial charge is 0.270 e. The van der Waals surface area contributed by atoms with Crippen LogP contribution in [0.4, 0.5) is 5.69 Å². The molecular formula is C15H21NO4. The monoisotopic (exact) mass is 279 g/mol. The SMILES string of the molecule is CCC1CCC(Oc2ccc([N+](=O)[O-])cc2CO)CC1. The van der Waals surface area contributed by atoms with Crippen molar-refractivity contribution >= 4 is 5.69 Å². The molecule has 1 aromatic rings. The molecule has 1 saturated carbocycles. The first-order valence-corrected chi connectivity index (χ1v) is 7.18. The van der Waals surface area contributed by atoms with Gasteiger partial charge in [-0.25, -0.2) is 0 Å². The molecule has 1 fully saturated rings. The largest absolute Gasteiger partial charge is 0.490 e. The molecule has 1 aliphatic rings. The summed E-state index contributed by atoms with van der Waals surface area (Å²) in [6.45, 7) is 1.97. The summed E-state index contributed by atoms with van der Waals surface area (Å²) < 4.78 is 5.92. The first-order valence-electron chi connectivity index (χ1n) is 7.18. The third-order valence-electron chi connectivity index (χ3n) is 4.09. The van der Waals surface area contributed by atoms with E-state index in [-0.39, 0.29) is 18.4 Å². The number of ether oxygens (including phenoxy) is 1. The van der Waals surface area contributed by atoms with E-state index in [9.17, 15) is 15.2 Å².